The van der Waals surface area contributed by atoms with Gasteiger partial charge in [0.25, 0.3) is 0 Å². The van der Waals surface area contributed by atoms with Crippen molar-refractivity contribution in [3.8, 4) is 11.5 Å². The first-order chi connectivity index (χ1) is 14.7. The summed E-state index contributed by atoms with van der Waals surface area (Å²) >= 11 is 0. The molecule has 0 saturated heterocycles. The van der Waals surface area contributed by atoms with Crippen LogP contribution in [0.5, 0.6) is 11.5 Å². The highest BCUT2D eigenvalue weighted by molar-refractivity contribution is 5.77. The molecule has 0 radical (unpaired) electrons. The molecule has 176 valence electrons. The number of hydrogen-bond donors (Lipinski definition) is 1. The summed E-state index contributed by atoms with van der Waals surface area (Å²) in [6.45, 7) is 9.04. The van der Waals surface area contributed by atoms with Crippen molar-refractivity contribution in [2.24, 2.45) is 5.92 Å². The van der Waals surface area contributed by atoms with E-state index in [0.29, 0.717) is 37.5 Å². The summed E-state index contributed by atoms with van der Waals surface area (Å²) < 4.78 is 35.5. The number of nitrogens with one attached hydrogen (secondary N) is 1. The van der Waals surface area contributed by atoms with E-state index in [-0.39, 0.29) is 42.8 Å². The third-order valence-corrected chi connectivity index (χ3v) is 4.46. The maximum Gasteiger partial charge on any atom is 0.305 e. The fourth-order valence-corrected chi connectivity index (χ4v) is 2.60. The Balaban J connectivity index is 2.20. The molecule has 0 saturated carbocycles. The van der Waals surface area contributed by atoms with Gasteiger partial charge in [0.05, 0.1) is 5.60 Å². The summed E-state index contributed by atoms with van der Waals surface area (Å²) in [5, 5.41) is 2.71. The molecule has 0 atom stereocenters. The molecular weight excluding hydrogens is 412 g/mol. The van der Waals surface area contributed by atoms with Crippen LogP contribution in [0.1, 0.15) is 58.9 Å². The Labute approximate surface area is 182 Å². The Kier molecular flexibility index (Phi) is 11.8. The predicted molar refractivity (Wildman–Crippen MR) is 111 cm³/mol. The van der Waals surface area contributed by atoms with Crippen molar-refractivity contribution in [3.63, 3.8) is 0 Å². The molecule has 0 aromatic heterocycles. The lowest BCUT2D eigenvalue weighted by molar-refractivity contribution is -0.153. The van der Waals surface area contributed by atoms with Crippen molar-refractivity contribution < 1.29 is 38.0 Å². The zero-order chi connectivity index (χ0) is 23.3. The molecule has 0 aliphatic carbocycles. The van der Waals surface area contributed by atoms with E-state index in [2.05, 4.69) is 29.0 Å². The average molecular weight is 446 g/mol. The quantitative estimate of drug-likeness (QED) is 0.402. The molecule has 1 aromatic carbocycles. The number of carbonyl (C=O) groups is 2. The van der Waals surface area contributed by atoms with Crippen LogP contribution in [0.2, 0.25) is 0 Å². The molecule has 0 aliphatic heterocycles. The fraction of sp³-hybridized carbons (Fsp3) is 0.636. The molecule has 9 heteroatoms. The Morgan fingerprint density at radius 3 is 2.45 bits per heavy atom. The fourth-order valence-electron chi connectivity index (χ4n) is 2.60. The Bertz CT molecular complexity index is 697. The highest BCUT2D eigenvalue weighted by Gasteiger charge is 2.21. The highest BCUT2D eigenvalue weighted by atomic mass is 19.3. The molecule has 1 N–H and O–H groups in total. The van der Waals surface area contributed by atoms with E-state index in [1.165, 1.54) is 18.2 Å². The van der Waals surface area contributed by atoms with E-state index in [0.717, 1.165) is 6.42 Å². The number of hydrogen-bond acceptors (Lipinski definition) is 6. The van der Waals surface area contributed by atoms with Gasteiger partial charge in [-0.3, -0.25) is 19.5 Å². The molecule has 7 nitrogen and oxygen atoms in total. The lowest BCUT2D eigenvalue weighted by atomic mass is 10.1. The molecule has 0 aliphatic rings. The van der Waals surface area contributed by atoms with Crippen molar-refractivity contribution in [1.29, 1.82) is 0 Å². The molecule has 0 spiro atoms. The first-order valence-corrected chi connectivity index (χ1v) is 10.4. The maximum absolute atomic E-state index is 12.4. The minimum atomic E-state index is -0.552. The molecule has 1 amide bonds. The Morgan fingerprint density at radius 2 is 1.81 bits per heavy atom. The van der Waals surface area contributed by atoms with E-state index in [1.807, 2.05) is 13.8 Å². The molecule has 0 fully saturated rings. The Morgan fingerprint density at radius 1 is 1.10 bits per heavy atom. The van der Waals surface area contributed by atoms with Gasteiger partial charge in [-0.05, 0) is 56.7 Å². The van der Waals surface area contributed by atoms with E-state index >= 15 is 0 Å². The maximum atomic E-state index is 12.4. The van der Waals surface area contributed by atoms with Crippen molar-refractivity contribution in [2.75, 3.05) is 19.8 Å². The number of esters is 1. The van der Waals surface area contributed by atoms with Crippen molar-refractivity contribution in [1.82, 2.24) is 5.32 Å². The second-order valence-corrected chi connectivity index (χ2v) is 8.34. The third kappa shape index (κ3) is 11.5. The lowest BCUT2D eigenvalue weighted by Gasteiger charge is -2.25. The van der Waals surface area contributed by atoms with E-state index in [4.69, 9.17) is 9.47 Å². The first-order valence-electron chi connectivity index (χ1n) is 10.4. The Hall–Kier alpha value is -2.42. The van der Waals surface area contributed by atoms with Crippen LogP contribution in [-0.2, 0) is 25.5 Å². The second-order valence-electron chi connectivity index (χ2n) is 8.34. The molecule has 1 aromatic rings. The van der Waals surface area contributed by atoms with Gasteiger partial charge < -0.3 is 14.8 Å². The minimum absolute atomic E-state index is 0.136. The topological polar surface area (TPSA) is 83.1 Å². The van der Waals surface area contributed by atoms with Gasteiger partial charge >= 0.3 is 5.97 Å². The summed E-state index contributed by atoms with van der Waals surface area (Å²) in [4.78, 5) is 30.8. The normalized spacial score (nSPS) is 11.3. The summed E-state index contributed by atoms with van der Waals surface area (Å²) in [6, 6.07) is 4.05. The van der Waals surface area contributed by atoms with Crippen LogP contribution in [0.25, 0.3) is 0 Å². The van der Waals surface area contributed by atoms with Crippen molar-refractivity contribution in [3.05, 3.63) is 23.8 Å². The van der Waals surface area contributed by atoms with Crippen LogP contribution >= 0.6 is 0 Å². The minimum Gasteiger partial charge on any atom is -0.463 e. The zero-order valence-corrected chi connectivity index (χ0v) is 18.7. The van der Waals surface area contributed by atoms with Gasteiger partial charge in [-0.15, -0.1) is 0 Å². The highest BCUT2D eigenvalue weighted by Crippen LogP contribution is 2.29. The third-order valence-electron chi connectivity index (χ3n) is 4.46. The monoisotopic (exact) mass is 445 g/mol. The number of ether oxygens (including phenoxy) is 2. The average Bonchev–Trinajstić information content (AvgIpc) is 2.71. The van der Waals surface area contributed by atoms with Gasteiger partial charge in [0.15, 0.2) is 0 Å². The predicted octanol–water partition coefficient (Wildman–Crippen LogP) is 4.43. The largest absolute Gasteiger partial charge is 0.463 e. The van der Waals surface area contributed by atoms with Gasteiger partial charge in [-0.2, -0.15) is 0 Å². The lowest BCUT2D eigenvalue weighted by Crippen LogP contribution is -2.32. The molecule has 0 heterocycles. The van der Waals surface area contributed by atoms with Crippen molar-refractivity contribution >= 4 is 11.9 Å². The van der Waals surface area contributed by atoms with E-state index < -0.39 is 5.60 Å². The van der Waals surface area contributed by atoms with Crippen molar-refractivity contribution in [2.45, 2.75) is 65.4 Å². The van der Waals surface area contributed by atoms with Crippen LogP contribution in [0.15, 0.2) is 18.2 Å². The van der Waals surface area contributed by atoms with Crippen LogP contribution < -0.4 is 15.2 Å². The number of halogens is 2. The number of carbonyl (C=O) groups excluding carboxylic acids is 2. The molecule has 0 bridgehead atoms. The van der Waals surface area contributed by atoms with Gasteiger partial charge in [0.1, 0.15) is 6.61 Å². The van der Waals surface area contributed by atoms with Gasteiger partial charge in [0, 0.05) is 35.0 Å². The van der Waals surface area contributed by atoms with E-state index in [1.54, 1.807) is 0 Å². The molecule has 1 rings (SSSR count). The summed E-state index contributed by atoms with van der Waals surface area (Å²) in [6.07, 6.45) is 2.01. The van der Waals surface area contributed by atoms with Crippen LogP contribution in [0, 0.1) is 5.92 Å². The van der Waals surface area contributed by atoms with E-state index in [9.17, 15) is 18.6 Å². The van der Waals surface area contributed by atoms with Gasteiger partial charge in [-0.25, -0.2) is 0 Å². The number of amides is 1. The summed E-state index contributed by atoms with van der Waals surface area (Å²) in [7, 11) is 0. The second kappa shape index (κ2) is 13.8. The smallest absolute Gasteiger partial charge is 0.305 e. The summed E-state index contributed by atoms with van der Waals surface area (Å²) in [5.74, 6) is -0.785. The number of benzene rings is 1. The standard InChI is InChI=1S/C22H33F2NO6/c1-16(2)11-13-29-22(3,4)15-28-21(27)7-5-6-20(26)25-12-10-17-8-9-18(30-23)19(14-17)31-24/h8-9,14,16H,5-7,10-13,15H2,1-4H3,(H,25,26). The summed E-state index contributed by atoms with van der Waals surface area (Å²) in [5.41, 5.74) is 0.0827. The molecule has 31 heavy (non-hydrogen) atoms. The van der Waals surface area contributed by atoms with Gasteiger partial charge in [0.2, 0.25) is 17.4 Å². The molecular formula is C22H33F2NO6. The zero-order valence-electron chi connectivity index (χ0n) is 18.7. The number of rotatable bonds is 15. The van der Waals surface area contributed by atoms with Crippen LogP contribution in [-0.4, -0.2) is 37.2 Å². The molecule has 0 unspecified atom stereocenters. The van der Waals surface area contributed by atoms with Crippen LogP contribution in [0.3, 0.4) is 0 Å². The van der Waals surface area contributed by atoms with Gasteiger partial charge in [-0.1, -0.05) is 19.9 Å². The SMILES string of the molecule is CC(C)CCOC(C)(C)COC(=O)CCCC(=O)NCCc1ccc(OF)c(OF)c1. The van der Waals surface area contributed by atoms with Crippen LogP contribution in [0.4, 0.5) is 9.05 Å². The first kappa shape index (κ1) is 26.6.